The van der Waals surface area contributed by atoms with Gasteiger partial charge in [0.25, 0.3) is 0 Å². The minimum Gasteiger partial charge on any atom is -0.367 e. The van der Waals surface area contributed by atoms with Gasteiger partial charge in [0.2, 0.25) is 5.91 Å². The zero-order chi connectivity index (χ0) is 17.9. The van der Waals surface area contributed by atoms with Crippen molar-refractivity contribution in [2.24, 2.45) is 5.41 Å². The molecule has 1 amide bonds. The predicted octanol–water partition coefficient (Wildman–Crippen LogP) is 2.16. The van der Waals surface area contributed by atoms with Crippen LogP contribution in [0.25, 0.3) is 5.82 Å². The Kier molecular flexibility index (Phi) is 5.21. The molecule has 0 aliphatic carbocycles. The van der Waals surface area contributed by atoms with Crippen molar-refractivity contribution in [3.05, 3.63) is 29.1 Å². The third-order valence-corrected chi connectivity index (χ3v) is 3.92. The number of rotatable bonds is 5. The zero-order valence-electron chi connectivity index (χ0n) is 15.3. The molecular weight excluding hydrogens is 304 g/mol. The average molecular weight is 330 g/mol. The molecule has 0 spiro atoms. The van der Waals surface area contributed by atoms with E-state index in [-0.39, 0.29) is 11.3 Å². The quantitative estimate of drug-likeness (QED) is 0.821. The van der Waals surface area contributed by atoms with E-state index in [1.165, 1.54) is 0 Å². The van der Waals surface area contributed by atoms with Crippen molar-refractivity contribution in [2.75, 3.05) is 18.4 Å². The van der Waals surface area contributed by atoms with Crippen LogP contribution < -0.4 is 10.6 Å². The molecule has 0 aliphatic rings. The van der Waals surface area contributed by atoms with E-state index in [4.69, 9.17) is 0 Å². The highest BCUT2D eigenvalue weighted by Crippen LogP contribution is 2.15. The second-order valence-electron chi connectivity index (χ2n) is 6.92. The molecule has 2 aromatic rings. The van der Waals surface area contributed by atoms with Gasteiger partial charge >= 0.3 is 0 Å². The number of hydrogen-bond donors (Lipinski definition) is 2. The summed E-state index contributed by atoms with van der Waals surface area (Å²) in [5, 5.41) is 18.9. The van der Waals surface area contributed by atoms with Crippen molar-refractivity contribution in [3.63, 3.8) is 0 Å². The summed E-state index contributed by atoms with van der Waals surface area (Å²) < 4.78 is 1.80. The molecule has 0 radical (unpaired) electrons. The first-order valence-electron chi connectivity index (χ1n) is 8.09. The van der Waals surface area contributed by atoms with Gasteiger partial charge in [-0.3, -0.25) is 4.79 Å². The van der Waals surface area contributed by atoms with Crippen molar-refractivity contribution in [3.8, 4) is 5.82 Å². The van der Waals surface area contributed by atoms with E-state index in [1.54, 1.807) is 4.68 Å². The molecule has 2 rings (SSSR count). The van der Waals surface area contributed by atoms with Crippen LogP contribution in [0.3, 0.4) is 0 Å². The number of aromatic nitrogens is 4. The maximum Gasteiger partial charge on any atom is 0.225 e. The normalized spacial score (nSPS) is 11.4. The Morgan fingerprint density at radius 3 is 2.33 bits per heavy atom. The Bertz CT molecular complexity index is 712. The van der Waals surface area contributed by atoms with Gasteiger partial charge < -0.3 is 10.6 Å². The molecule has 0 atom stereocenters. The van der Waals surface area contributed by atoms with Gasteiger partial charge in [-0.15, -0.1) is 10.2 Å². The van der Waals surface area contributed by atoms with Crippen LogP contribution in [0.2, 0.25) is 0 Å². The summed E-state index contributed by atoms with van der Waals surface area (Å²) >= 11 is 0. The monoisotopic (exact) mass is 330 g/mol. The molecule has 2 N–H and O–H groups in total. The maximum absolute atomic E-state index is 11.8. The molecule has 0 saturated carbocycles. The van der Waals surface area contributed by atoms with Gasteiger partial charge in [0.1, 0.15) is 5.82 Å². The van der Waals surface area contributed by atoms with Crippen LogP contribution in [-0.4, -0.2) is 39.0 Å². The first-order valence-corrected chi connectivity index (χ1v) is 8.09. The molecule has 24 heavy (non-hydrogen) atoms. The van der Waals surface area contributed by atoms with Gasteiger partial charge in [0.15, 0.2) is 5.82 Å². The van der Waals surface area contributed by atoms with Crippen molar-refractivity contribution in [2.45, 2.75) is 41.5 Å². The Morgan fingerprint density at radius 1 is 1.12 bits per heavy atom. The lowest BCUT2D eigenvalue weighted by Gasteiger charge is -2.17. The lowest BCUT2D eigenvalue weighted by Crippen LogP contribution is -2.37. The van der Waals surface area contributed by atoms with Crippen molar-refractivity contribution >= 4 is 11.7 Å². The van der Waals surface area contributed by atoms with Crippen molar-refractivity contribution < 1.29 is 4.79 Å². The Hall–Kier alpha value is -2.44. The van der Waals surface area contributed by atoms with Crippen LogP contribution in [0.5, 0.6) is 0 Å². The van der Waals surface area contributed by atoms with E-state index in [1.807, 2.05) is 53.7 Å². The molecule has 0 aliphatic heterocycles. The van der Waals surface area contributed by atoms with E-state index in [9.17, 15) is 4.79 Å². The summed E-state index contributed by atoms with van der Waals surface area (Å²) in [4.78, 5) is 11.8. The molecule has 130 valence electrons. The predicted molar refractivity (Wildman–Crippen MR) is 94.3 cm³/mol. The summed E-state index contributed by atoms with van der Waals surface area (Å²) in [5.41, 5.74) is 2.84. The van der Waals surface area contributed by atoms with Gasteiger partial charge in [0.05, 0.1) is 5.69 Å². The highest BCUT2D eigenvalue weighted by Gasteiger charge is 2.20. The van der Waals surface area contributed by atoms with E-state index in [0.29, 0.717) is 24.7 Å². The molecule has 2 aromatic heterocycles. The van der Waals surface area contributed by atoms with E-state index >= 15 is 0 Å². The summed E-state index contributed by atoms with van der Waals surface area (Å²) in [6.45, 7) is 12.8. The Morgan fingerprint density at radius 2 is 1.83 bits per heavy atom. The largest absolute Gasteiger partial charge is 0.367 e. The van der Waals surface area contributed by atoms with Gasteiger partial charge in [-0.2, -0.15) is 5.10 Å². The molecule has 7 heteroatoms. The summed E-state index contributed by atoms with van der Waals surface area (Å²) in [7, 11) is 0. The van der Waals surface area contributed by atoms with Gasteiger partial charge in [-0.05, 0) is 38.5 Å². The standard InChI is InChI=1S/C17H26N6O/c1-11-12(2)22-23(13(11)3)15-8-7-14(20-21-15)18-9-10-19-16(24)17(4,5)6/h7-8H,9-10H2,1-6H3,(H,18,20)(H,19,24). The minimum absolute atomic E-state index is 0.0330. The molecule has 0 fully saturated rings. The minimum atomic E-state index is -0.376. The van der Waals surface area contributed by atoms with Gasteiger partial charge in [-0.25, -0.2) is 4.68 Å². The van der Waals surface area contributed by atoms with Crippen LogP contribution in [0.4, 0.5) is 5.82 Å². The van der Waals surface area contributed by atoms with Crippen LogP contribution in [0.1, 0.15) is 37.7 Å². The second-order valence-corrected chi connectivity index (χ2v) is 6.92. The number of amides is 1. The summed E-state index contributed by atoms with van der Waals surface area (Å²) in [6.07, 6.45) is 0. The van der Waals surface area contributed by atoms with Crippen LogP contribution in [0.15, 0.2) is 12.1 Å². The van der Waals surface area contributed by atoms with E-state index in [2.05, 4.69) is 25.9 Å². The van der Waals surface area contributed by atoms with Crippen LogP contribution >= 0.6 is 0 Å². The van der Waals surface area contributed by atoms with E-state index < -0.39 is 0 Å². The fourth-order valence-corrected chi connectivity index (χ4v) is 2.11. The first-order chi connectivity index (χ1) is 11.2. The van der Waals surface area contributed by atoms with Crippen molar-refractivity contribution in [1.29, 1.82) is 0 Å². The number of aryl methyl sites for hydroxylation is 1. The Balaban J connectivity index is 1.91. The lowest BCUT2D eigenvalue weighted by molar-refractivity contribution is -0.128. The number of nitrogens with one attached hydrogen (secondary N) is 2. The van der Waals surface area contributed by atoms with Crippen LogP contribution in [-0.2, 0) is 4.79 Å². The molecule has 0 bridgehead atoms. The number of anilines is 1. The fourth-order valence-electron chi connectivity index (χ4n) is 2.11. The van der Waals surface area contributed by atoms with Gasteiger partial charge in [-0.1, -0.05) is 20.8 Å². The highest BCUT2D eigenvalue weighted by atomic mass is 16.2. The smallest absolute Gasteiger partial charge is 0.225 e. The first kappa shape index (κ1) is 17.9. The number of nitrogens with zero attached hydrogens (tertiary/aromatic N) is 4. The van der Waals surface area contributed by atoms with Gasteiger partial charge in [0, 0.05) is 24.2 Å². The van der Waals surface area contributed by atoms with Crippen molar-refractivity contribution in [1.82, 2.24) is 25.3 Å². The zero-order valence-corrected chi connectivity index (χ0v) is 15.3. The summed E-state index contributed by atoms with van der Waals surface area (Å²) in [6, 6.07) is 3.74. The maximum atomic E-state index is 11.8. The fraction of sp³-hybridized carbons (Fsp3) is 0.529. The number of carbonyl (C=O) groups is 1. The Labute approximate surface area is 142 Å². The molecule has 2 heterocycles. The topological polar surface area (TPSA) is 84.7 Å². The van der Waals surface area contributed by atoms with E-state index in [0.717, 1.165) is 17.0 Å². The van der Waals surface area contributed by atoms with Crippen LogP contribution in [0, 0.1) is 26.2 Å². The summed E-state index contributed by atoms with van der Waals surface area (Å²) in [5.74, 6) is 1.39. The average Bonchev–Trinajstić information content (AvgIpc) is 2.78. The number of carbonyl (C=O) groups excluding carboxylic acids is 1. The highest BCUT2D eigenvalue weighted by molar-refractivity contribution is 5.81. The lowest BCUT2D eigenvalue weighted by atomic mass is 9.96. The second kappa shape index (κ2) is 6.98. The third kappa shape index (κ3) is 4.10. The molecular formula is C17H26N6O. The molecule has 0 saturated heterocycles. The molecule has 7 nitrogen and oxygen atoms in total. The molecule has 0 aromatic carbocycles. The number of hydrogen-bond acceptors (Lipinski definition) is 5. The SMILES string of the molecule is Cc1nn(-c2ccc(NCCNC(=O)C(C)(C)C)nn2)c(C)c1C. The third-order valence-electron chi connectivity index (χ3n) is 3.92. The molecule has 0 unspecified atom stereocenters.